The molecule has 1 heterocycles. The van der Waals surface area contributed by atoms with Gasteiger partial charge in [0.1, 0.15) is 18.1 Å². The van der Waals surface area contributed by atoms with Crippen LogP contribution in [0.4, 0.5) is 0 Å². The van der Waals surface area contributed by atoms with E-state index in [-0.39, 0.29) is 30.9 Å². The summed E-state index contributed by atoms with van der Waals surface area (Å²) >= 11 is 4.00. The third-order valence-corrected chi connectivity index (χ3v) is 6.20. The molecular formula is C24H34N6O6S. The Bertz CT molecular complexity index is 1140. The van der Waals surface area contributed by atoms with E-state index >= 15 is 0 Å². The number of primary amides is 1. The standard InChI is InChI=1S/C24H34N6O6S/c1-12(2)20(30-21(32)15(25)11-37)23(34)29-18(9-13-10-27-16-6-4-3-5-14(13)16)22(33)28-17(24(35)36)7-8-19(26)31/h3-6,10,12,15,17-18,20,27,37H,7-9,11,25H2,1-2H3,(H2,26,31)(H,28,33)(H,29,34)(H,30,32)(H,35,36). The first-order chi connectivity index (χ1) is 17.4. The van der Waals surface area contributed by atoms with E-state index in [1.165, 1.54) is 0 Å². The van der Waals surface area contributed by atoms with Crippen LogP contribution >= 0.6 is 12.6 Å². The number of carboxylic acid groups (broad SMARTS) is 1. The molecule has 4 amide bonds. The normalized spacial score (nSPS) is 14.4. The van der Waals surface area contributed by atoms with Crippen molar-refractivity contribution in [2.45, 2.75) is 57.3 Å². The van der Waals surface area contributed by atoms with Crippen molar-refractivity contribution < 1.29 is 29.1 Å². The maximum atomic E-state index is 13.2. The SMILES string of the molecule is CC(C)C(NC(=O)C(N)CS)C(=O)NC(Cc1c[nH]c2ccccc12)C(=O)NC(CCC(N)=O)C(=O)O. The van der Waals surface area contributed by atoms with E-state index in [0.717, 1.165) is 10.9 Å². The van der Waals surface area contributed by atoms with Crippen LogP contribution in [-0.2, 0) is 30.4 Å². The van der Waals surface area contributed by atoms with Gasteiger partial charge in [0.15, 0.2) is 0 Å². The zero-order valence-electron chi connectivity index (χ0n) is 20.7. The number of nitrogens with two attached hydrogens (primary N) is 2. The van der Waals surface area contributed by atoms with Gasteiger partial charge >= 0.3 is 5.97 Å². The number of carbonyl (C=O) groups is 5. The summed E-state index contributed by atoms with van der Waals surface area (Å²) < 4.78 is 0. The molecule has 1 aromatic carbocycles. The summed E-state index contributed by atoms with van der Waals surface area (Å²) in [7, 11) is 0. The Kier molecular flexibility index (Phi) is 10.9. The van der Waals surface area contributed by atoms with Crippen LogP contribution in [0.5, 0.6) is 0 Å². The molecule has 202 valence electrons. The smallest absolute Gasteiger partial charge is 0.326 e. The predicted molar refractivity (Wildman–Crippen MR) is 141 cm³/mol. The van der Waals surface area contributed by atoms with Gasteiger partial charge in [-0.3, -0.25) is 19.2 Å². The molecule has 13 heteroatoms. The van der Waals surface area contributed by atoms with Gasteiger partial charge in [-0.2, -0.15) is 12.6 Å². The molecule has 0 aliphatic carbocycles. The molecule has 12 nitrogen and oxygen atoms in total. The third kappa shape index (κ3) is 8.50. The van der Waals surface area contributed by atoms with Gasteiger partial charge in [-0.1, -0.05) is 32.0 Å². The van der Waals surface area contributed by atoms with Gasteiger partial charge in [0, 0.05) is 35.7 Å². The van der Waals surface area contributed by atoms with Crippen molar-refractivity contribution in [2.24, 2.45) is 17.4 Å². The van der Waals surface area contributed by atoms with Crippen LogP contribution in [0, 0.1) is 5.92 Å². The third-order valence-electron chi connectivity index (χ3n) is 5.81. The van der Waals surface area contributed by atoms with Crippen molar-refractivity contribution in [3.8, 4) is 0 Å². The highest BCUT2D eigenvalue weighted by Gasteiger charge is 2.32. The van der Waals surface area contributed by atoms with E-state index < -0.39 is 53.8 Å². The number of aromatic nitrogens is 1. The van der Waals surface area contributed by atoms with Crippen molar-refractivity contribution in [1.82, 2.24) is 20.9 Å². The Morgan fingerprint density at radius 2 is 1.65 bits per heavy atom. The molecule has 1 aromatic heterocycles. The van der Waals surface area contributed by atoms with Crippen LogP contribution < -0.4 is 27.4 Å². The molecule has 0 spiro atoms. The number of aliphatic carboxylic acids is 1. The van der Waals surface area contributed by atoms with E-state index in [1.807, 2.05) is 24.3 Å². The molecule has 0 bridgehead atoms. The van der Waals surface area contributed by atoms with Gasteiger partial charge in [-0.05, 0) is 24.0 Å². The minimum absolute atomic E-state index is 0.0264. The average Bonchev–Trinajstić information content (AvgIpc) is 3.25. The lowest BCUT2D eigenvalue weighted by Gasteiger charge is -2.27. The van der Waals surface area contributed by atoms with Crippen LogP contribution in [0.15, 0.2) is 30.5 Å². The molecule has 9 N–H and O–H groups in total. The Morgan fingerprint density at radius 3 is 2.24 bits per heavy atom. The second kappa shape index (κ2) is 13.7. The highest BCUT2D eigenvalue weighted by Crippen LogP contribution is 2.19. The Labute approximate surface area is 219 Å². The molecular weight excluding hydrogens is 500 g/mol. The van der Waals surface area contributed by atoms with Crippen molar-refractivity contribution in [2.75, 3.05) is 5.75 Å². The van der Waals surface area contributed by atoms with Gasteiger partial charge in [0.25, 0.3) is 0 Å². The molecule has 37 heavy (non-hydrogen) atoms. The maximum absolute atomic E-state index is 13.2. The topological polar surface area (TPSA) is 209 Å². The maximum Gasteiger partial charge on any atom is 0.326 e. The molecule has 0 saturated heterocycles. The second-order valence-electron chi connectivity index (χ2n) is 9.05. The number of nitrogens with one attached hydrogen (secondary N) is 4. The van der Waals surface area contributed by atoms with Gasteiger partial charge in [-0.15, -0.1) is 0 Å². The Morgan fingerprint density at radius 1 is 1.00 bits per heavy atom. The Hall–Kier alpha value is -3.58. The van der Waals surface area contributed by atoms with E-state index in [4.69, 9.17) is 11.5 Å². The summed E-state index contributed by atoms with van der Waals surface area (Å²) in [5, 5.41) is 18.0. The first kappa shape index (κ1) is 29.6. The summed E-state index contributed by atoms with van der Waals surface area (Å²) in [6, 6.07) is 2.84. The number of carbonyl (C=O) groups excluding carboxylic acids is 4. The van der Waals surface area contributed by atoms with Gasteiger partial charge in [0.05, 0.1) is 6.04 Å². The lowest BCUT2D eigenvalue weighted by atomic mass is 10.00. The second-order valence-corrected chi connectivity index (χ2v) is 9.41. The van der Waals surface area contributed by atoms with Crippen LogP contribution in [0.25, 0.3) is 10.9 Å². The minimum atomic E-state index is -1.39. The van der Waals surface area contributed by atoms with Gasteiger partial charge < -0.3 is 37.5 Å². The number of amides is 4. The number of hydrogen-bond acceptors (Lipinski definition) is 7. The molecule has 0 aliphatic heterocycles. The fraction of sp³-hybridized carbons (Fsp3) is 0.458. The van der Waals surface area contributed by atoms with Crippen LogP contribution in [-0.4, -0.2) is 69.6 Å². The van der Waals surface area contributed by atoms with Crippen molar-refractivity contribution in [3.63, 3.8) is 0 Å². The number of thiol groups is 1. The molecule has 0 saturated carbocycles. The number of benzene rings is 1. The number of H-pyrrole nitrogens is 1. The largest absolute Gasteiger partial charge is 0.480 e. The fourth-order valence-corrected chi connectivity index (χ4v) is 3.85. The minimum Gasteiger partial charge on any atom is -0.480 e. The lowest BCUT2D eigenvalue weighted by Crippen LogP contribution is -2.59. The van der Waals surface area contributed by atoms with Gasteiger partial charge in [-0.25, -0.2) is 4.79 Å². The first-order valence-corrected chi connectivity index (χ1v) is 12.4. The quantitative estimate of drug-likeness (QED) is 0.148. The van der Waals surface area contributed by atoms with E-state index in [1.54, 1.807) is 20.0 Å². The molecule has 0 radical (unpaired) electrons. The summed E-state index contributed by atoms with van der Waals surface area (Å²) in [5.41, 5.74) is 12.4. The monoisotopic (exact) mass is 534 g/mol. The predicted octanol–water partition coefficient (Wildman–Crippen LogP) is -0.572. The highest BCUT2D eigenvalue weighted by atomic mass is 32.1. The summed E-state index contributed by atoms with van der Waals surface area (Å²) in [6.45, 7) is 3.44. The molecule has 2 aromatic rings. The zero-order valence-corrected chi connectivity index (χ0v) is 21.6. The number of carboxylic acids is 1. The van der Waals surface area contributed by atoms with Crippen LogP contribution in [0.3, 0.4) is 0 Å². The molecule has 4 unspecified atom stereocenters. The van der Waals surface area contributed by atoms with Crippen molar-refractivity contribution in [1.29, 1.82) is 0 Å². The zero-order chi connectivity index (χ0) is 27.7. The molecule has 2 rings (SSSR count). The first-order valence-electron chi connectivity index (χ1n) is 11.8. The molecule has 0 aliphatic rings. The van der Waals surface area contributed by atoms with Gasteiger partial charge in [0.2, 0.25) is 23.6 Å². The number of fused-ring (bicyclic) bond motifs is 1. The fourth-order valence-electron chi connectivity index (χ4n) is 3.69. The van der Waals surface area contributed by atoms with E-state index in [0.29, 0.717) is 5.56 Å². The molecule has 4 atom stereocenters. The number of rotatable bonds is 14. The highest BCUT2D eigenvalue weighted by molar-refractivity contribution is 7.80. The Balaban J connectivity index is 2.31. The number of para-hydroxylation sites is 1. The number of hydrogen-bond donors (Lipinski definition) is 8. The summed E-state index contributed by atoms with van der Waals surface area (Å²) in [6.07, 6.45) is 1.27. The van der Waals surface area contributed by atoms with Crippen molar-refractivity contribution >= 4 is 53.1 Å². The van der Waals surface area contributed by atoms with E-state index in [9.17, 15) is 29.1 Å². The van der Waals surface area contributed by atoms with Crippen LogP contribution in [0.1, 0.15) is 32.3 Å². The molecule has 0 fully saturated rings. The lowest BCUT2D eigenvalue weighted by molar-refractivity contribution is -0.142. The van der Waals surface area contributed by atoms with E-state index in [2.05, 4.69) is 33.6 Å². The van der Waals surface area contributed by atoms with Crippen LogP contribution in [0.2, 0.25) is 0 Å². The van der Waals surface area contributed by atoms with Crippen molar-refractivity contribution in [3.05, 3.63) is 36.0 Å². The average molecular weight is 535 g/mol. The summed E-state index contributed by atoms with van der Waals surface area (Å²) in [4.78, 5) is 64.7. The number of aromatic amines is 1. The summed E-state index contributed by atoms with van der Waals surface area (Å²) in [5.74, 6) is -4.31.